The fourth-order valence-electron chi connectivity index (χ4n) is 2.82. The molecule has 122 valence electrons. The first kappa shape index (κ1) is 16.5. The lowest BCUT2D eigenvalue weighted by Gasteiger charge is -2.08. The highest BCUT2D eigenvalue weighted by atomic mass is 16.2. The van der Waals surface area contributed by atoms with Crippen molar-refractivity contribution in [3.05, 3.63) is 27.2 Å². The van der Waals surface area contributed by atoms with Crippen molar-refractivity contribution in [2.24, 2.45) is 14.1 Å². The van der Waals surface area contributed by atoms with Crippen molar-refractivity contribution in [2.75, 3.05) is 0 Å². The van der Waals surface area contributed by atoms with Gasteiger partial charge in [-0.25, -0.2) is 9.78 Å². The summed E-state index contributed by atoms with van der Waals surface area (Å²) in [5, 5.41) is 0. The van der Waals surface area contributed by atoms with Crippen molar-refractivity contribution in [2.45, 2.75) is 58.4 Å². The molecule has 0 saturated carbocycles. The van der Waals surface area contributed by atoms with Crippen molar-refractivity contribution in [1.29, 1.82) is 0 Å². The zero-order chi connectivity index (χ0) is 16.1. The molecule has 0 bridgehead atoms. The molecule has 0 aliphatic heterocycles. The maximum Gasteiger partial charge on any atom is 0.332 e. The summed E-state index contributed by atoms with van der Waals surface area (Å²) in [6.07, 6.45) is 9.72. The average molecular weight is 306 g/mol. The zero-order valence-electron chi connectivity index (χ0n) is 13.8. The molecule has 0 N–H and O–H groups in total. The number of aryl methyl sites for hydroxylation is 2. The molecule has 0 aliphatic carbocycles. The topological polar surface area (TPSA) is 61.8 Å². The predicted molar refractivity (Wildman–Crippen MR) is 88.2 cm³/mol. The van der Waals surface area contributed by atoms with Crippen LogP contribution in [0.3, 0.4) is 0 Å². The Morgan fingerprint density at radius 1 is 1.00 bits per heavy atom. The molecule has 0 aromatic carbocycles. The molecule has 0 fully saturated rings. The first-order chi connectivity index (χ1) is 10.6. The number of hydrogen-bond donors (Lipinski definition) is 0. The number of unbranched alkanes of at least 4 members (excludes halogenated alkanes) is 6. The third-order valence-electron chi connectivity index (χ3n) is 4.19. The minimum absolute atomic E-state index is 0.232. The molecule has 2 aromatic rings. The third kappa shape index (κ3) is 3.31. The van der Waals surface area contributed by atoms with Gasteiger partial charge in [0.05, 0.1) is 6.33 Å². The lowest BCUT2D eigenvalue weighted by Crippen LogP contribution is -2.39. The van der Waals surface area contributed by atoms with E-state index in [4.69, 9.17) is 0 Å². The van der Waals surface area contributed by atoms with Gasteiger partial charge in [0.1, 0.15) is 0 Å². The van der Waals surface area contributed by atoms with Crippen LogP contribution in [0.15, 0.2) is 15.9 Å². The van der Waals surface area contributed by atoms with Crippen molar-refractivity contribution in [3.8, 4) is 0 Å². The molecule has 0 spiro atoms. The first-order valence-electron chi connectivity index (χ1n) is 8.18. The van der Waals surface area contributed by atoms with Crippen LogP contribution in [0.25, 0.3) is 11.2 Å². The summed E-state index contributed by atoms with van der Waals surface area (Å²) < 4.78 is 4.48. The lowest BCUT2D eigenvalue weighted by molar-refractivity contribution is 0.522. The van der Waals surface area contributed by atoms with E-state index in [0.29, 0.717) is 17.7 Å². The first-order valence-corrected chi connectivity index (χ1v) is 8.18. The monoisotopic (exact) mass is 306 g/mol. The summed E-state index contributed by atoms with van der Waals surface area (Å²) in [5.41, 5.74) is 0.435. The van der Waals surface area contributed by atoms with E-state index in [0.717, 1.165) is 12.8 Å². The Kier molecular flexibility index (Phi) is 5.57. The van der Waals surface area contributed by atoms with E-state index in [1.807, 2.05) is 0 Å². The second kappa shape index (κ2) is 7.42. The lowest BCUT2D eigenvalue weighted by atomic mass is 10.1. The van der Waals surface area contributed by atoms with E-state index in [1.54, 1.807) is 25.0 Å². The Morgan fingerprint density at radius 3 is 2.32 bits per heavy atom. The Balaban J connectivity index is 2.07. The van der Waals surface area contributed by atoms with Gasteiger partial charge in [0.15, 0.2) is 11.2 Å². The minimum Gasteiger partial charge on any atom is -0.328 e. The number of rotatable bonds is 8. The smallest absolute Gasteiger partial charge is 0.328 e. The fourth-order valence-corrected chi connectivity index (χ4v) is 2.82. The highest BCUT2D eigenvalue weighted by Gasteiger charge is 2.14. The summed E-state index contributed by atoms with van der Waals surface area (Å²) in [5.74, 6) is 0. The van der Waals surface area contributed by atoms with E-state index in [9.17, 15) is 9.59 Å². The molecule has 0 unspecified atom stereocenters. The summed E-state index contributed by atoms with van der Waals surface area (Å²) in [4.78, 5) is 28.9. The van der Waals surface area contributed by atoms with Gasteiger partial charge >= 0.3 is 5.69 Å². The zero-order valence-corrected chi connectivity index (χ0v) is 13.8. The summed E-state index contributed by atoms with van der Waals surface area (Å²) >= 11 is 0. The Labute approximate surface area is 130 Å². The van der Waals surface area contributed by atoms with Gasteiger partial charge in [0.2, 0.25) is 0 Å². The third-order valence-corrected chi connectivity index (χ3v) is 4.19. The van der Waals surface area contributed by atoms with Gasteiger partial charge in [-0.1, -0.05) is 45.4 Å². The Morgan fingerprint density at radius 2 is 1.64 bits per heavy atom. The Bertz CT molecular complexity index is 739. The molecule has 2 aromatic heterocycles. The second-order valence-electron chi connectivity index (χ2n) is 5.95. The quantitative estimate of drug-likeness (QED) is 0.702. The number of hydrogen-bond acceptors (Lipinski definition) is 3. The number of fused-ring (bicyclic) bond motifs is 1. The fraction of sp³-hybridized carbons (Fsp3) is 0.688. The average Bonchev–Trinajstić information content (AvgIpc) is 2.89. The van der Waals surface area contributed by atoms with Crippen molar-refractivity contribution >= 4 is 11.2 Å². The standard InChI is InChI=1S/C16H26N4O2/c1-4-5-6-7-8-9-10-11-20-15(21)13-14(17-12-18(13)2)19(3)16(20)22/h12H,4-11H2,1-3H3. The highest BCUT2D eigenvalue weighted by Crippen LogP contribution is 2.08. The number of nitrogens with zero attached hydrogens (tertiary/aromatic N) is 4. The van der Waals surface area contributed by atoms with Crippen LogP contribution in [-0.2, 0) is 20.6 Å². The maximum atomic E-state index is 12.5. The Hall–Kier alpha value is -1.85. The van der Waals surface area contributed by atoms with Crippen LogP contribution in [0.2, 0.25) is 0 Å². The maximum absolute atomic E-state index is 12.5. The van der Waals surface area contributed by atoms with Crippen molar-refractivity contribution in [1.82, 2.24) is 18.7 Å². The molecule has 6 nitrogen and oxygen atoms in total. The highest BCUT2D eigenvalue weighted by molar-refractivity contribution is 5.69. The van der Waals surface area contributed by atoms with Crippen LogP contribution in [0.5, 0.6) is 0 Å². The van der Waals surface area contributed by atoms with Gasteiger partial charge in [-0.05, 0) is 6.42 Å². The molecule has 0 amide bonds. The normalized spacial score (nSPS) is 11.4. The van der Waals surface area contributed by atoms with E-state index in [1.165, 1.54) is 41.2 Å². The van der Waals surface area contributed by atoms with Gasteiger partial charge in [0.25, 0.3) is 5.56 Å². The molecular formula is C16H26N4O2. The van der Waals surface area contributed by atoms with Gasteiger partial charge in [0, 0.05) is 20.6 Å². The molecule has 22 heavy (non-hydrogen) atoms. The van der Waals surface area contributed by atoms with Crippen LogP contribution in [0, 0.1) is 0 Å². The SMILES string of the molecule is CCCCCCCCCn1c(=O)c2c(ncn2C)n(C)c1=O. The molecule has 6 heteroatoms. The van der Waals surface area contributed by atoms with Gasteiger partial charge < -0.3 is 4.57 Å². The van der Waals surface area contributed by atoms with Crippen LogP contribution < -0.4 is 11.2 Å². The van der Waals surface area contributed by atoms with Gasteiger partial charge in [-0.3, -0.25) is 13.9 Å². The van der Waals surface area contributed by atoms with Gasteiger partial charge in [-0.15, -0.1) is 0 Å². The van der Waals surface area contributed by atoms with Crippen LogP contribution in [0.1, 0.15) is 51.9 Å². The molecular weight excluding hydrogens is 280 g/mol. The van der Waals surface area contributed by atoms with Crippen LogP contribution in [-0.4, -0.2) is 18.7 Å². The number of aromatic nitrogens is 4. The molecule has 2 rings (SSSR count). The summed E-state index contributed by atoms with van der Waals surface area (Å²) in [6, 6.07) is 0. The van der Waals surface area contributed by atoms with E-state index in [2.05, 4.69) is 11.9 Å². The molecule has 0 atom stereocenters. The van der Waals surface area contributed by atoms with Crippen LogP contribution >= 0.6 is 0 Å². The minimum atomic E-state index is -0.276. The predicted octanol–water partition coefficient (Wildman–Crippen LogP) is 2.18. The summed E-state index contributed by atoms with van der Waals surface area (Å²) in [6.45, 7) is 2.69. The largest absolute Gasteiger partial charge is 0.332 e. The van der Waals surface area contributed by atoms with E-state index < -0.39 is 0 Å². The van der Waals surface area contributed by atoms with E-state index >= 15 is 0 Å². The number of imidazole rings is 1. The molecule has 2 heterocycles. The van der Waals surface area contributed by atoms with Gasteiger partial charge in [-0.2, -0.15) is 0 Å². The molecule has 0 saturated heterocycles. The van der Waals surface area contributed by atoms with Crippen molar-refractivity contribution < 1.29 is 0 Å². The van der Waals surface area contributed by atoms with Crippen molar-refractivity contribution in [3.63, 3.8) is 0 Å². The molecule has 0 aliphatic rings. The van der Waals surface area contributed by atoms with E-state index in [-0.39, 0.29) is 11.2 Å². The molecule has 0 radical (unpaired) electrons. The van der Waals surface area contributed by atoms with Crippen LogP contribution in [0.4, 0.5) is 0 Å². The summed E-state index contributed by atoms with van der Waals surface area (Å²) in [7, 11) is 3.44. The second-order valence-corrected chi connectivity index (χ2v) is 5.95.